The minimum Gasteiger partial charge on any atom is -0.456 e. The van der Waals surface area contributed by atoms with Gasteiger partial charge in [-0.1, -0.05) is 95.6 Å². The number of benzene rings is 2. The standard InChI is InChI=1S/C42H57NO8/c1-23-28(51-37(48)33(45)32(26-16-12-10-13-17-26)43-36(47)27-18-14-11-15-19-27)21-42(39(6,7)49)25(3)34-40(8)22-50-30(40)20-29(44)41(34,9)35(46)24(2)31(23)38(42,4)5/h10-19,24-25,28-30,32-35,44-46,49H,20-22H2,1-9H3,(H,43,47)/t24-,25-,28-,29-,30+,32-,33+,34+,35-,40+,41+,42+/m0/s1. The van der Waals surface area contributed by atoms with E-state index < -0.39 is 70.1 Å². The Balaban J connectivity index is 1.43. The van der Waals surface area contributed by atoms with E-state index in [0.29, 0.717) is 24.2 Å². The van der Waals surface area contributed by atoms with Crippen molar-refractivity contribution in [2.24, 2.45) is 39.4 Å². The molecule has 2 aromatic carbocycles. The summed E-state index contributed by atoms with van der Waals surface area (Å²) in [6.45, 7) is 18.6. The highest BCUT2D eigenvalue weighted by Gasteiger charge is 2.74. The Labute approximate surface area is 302 Å². The van der Waals surface area contributed by atoms with Gasteiger partial charge in [-0.05, 0) is 67.7 Å². The minimum absolute atomic E-state index is 0.179. The lowest BCUT2D eigenvalue weighted by atomic mass is 9.34. The molecule has 9 heteroatoms. The van der Waals surface area contributed by atoms with Gasteiger partial charge in [0.2, 0.25) is 0 Å². The van der Waals surface area contributed by atoms with Crippen LogP contribution in [0.3, 0.4) is 0 Å². The van der Waals surface area contributed by atoms with Crippen LogP contribution in [0.2, 0.25) is 0 Å². The summed E-state index contributed by atoms with van der Waals surface area (Å²) in [5.41, 5.74) is -1.65. The fourth-order valence-electron chi connectivity index (χ4n) is 12.1. The number of hydrogen-bond acceptors (Lipinski definition) is 8. The molecule has 4 aliphatic rings. The number of aliphatic hydroxyl groups is 4. The molecule has 1 aliphatic heterocycles. The van der Waals surface area contributed by atoms with Crippen LogP contribution in [0.4, 0.5) is 0 Å². The highest BCUT2D eigenvalue weighted by molar-refractivity contribution is 5.95. The van der Waals surface area contributed by atoms with Gasteiger partial charge in [-0.15, -0.1) is 0 Å². The Morgan fingerprint density at radius 1 is 0.980 bits per heavy atom. The van der Waals surface area contributed by atoms with Crippen LogP contribution in [0, 0.1) is 39.4 Å². The van der Waals surface area contributed by atoms with Crippen molar-refractivity contribution in [1.29, 1.82) is 0 Å². The van der Waals surface area contributed by atoms with Gasteiger partial charge in [0.05, 0.1) is 36.6 Å². The molecule has 12 atom stereocenters. The molecule has 3 fully saturated rings. The maximum Gasteiger partial charge on any atom is 0.338 e. The van der Waals surface area contributed by atoms with E-state index in [-0.39, 0.29) is 29.8 Å². The Morgan fingerprint density at radius 3 is 2.12 bits per heavy atom. The molecule has 2 saturated carbocycles. The largest absolute Gasteiger partial charge is 0.456 e. The third-order valence-electron chi connectivity index (χ3n) is 14.3. The minimum atomic E-state index is -1.75. The van der Waals surface area contributed by atoms with Crippen LogP contribution in [0.15, 0.2) is 71.8 Å². The van der Waals surface area contributed by atoms with Crippen LogP contribution >= 0.6 is 0 Å². The predicted octanol–water partition coefficient (Wildman–Crippen LogP) is 5.37. The lowest BCUT2D eigenvalue weighted by Crippen LogP contribution is -2.75. The van der Waals surface area contributed by atoms with Crippen molar-refractivity contribution in [2.45, 2.75) is 117 Å². The first kappa shape index (κ1) is 37.7. The zero-order valence-corrected chi connectivity index (χ0v) is 31.5. The quantitative estimate of drug-likeness (QED) is 0.191. The fourth-order valence-corrected chi connectivity index (χ4v) is 12.1. The van der Waals surface area contributed by atoms with Crippen molar-refractivity contribution < 1.29 is 39.5 Å². The molecular weight excluding hydrogens is 646 g/mol. The Bertz CT molecular complexity index is 1670. The van der Waals surface area contributed by atoms with E-state index in [9.17, 15) is 30.0 Å². The molecule has 0 unspecified atom stereocenters. The molecule has 0 spiro atoms. The number of fused-ring (bicyclic) bond motifs is 5. The van der Waals surface area contributed by atoms with Crippen LogP contribution in [0.1, 0.15) is 97.1 Å². The van der Waals surface area contributed by atoms with E-state index in [0.717, 1.165) is 11.1 Å². The zero-order chi connectivity index (χ0) is 37.5. The number of hydrogen-bond donors (Lipinski definition) is 5. The molecule has 2 aromatic rings. The molecule has 2 bridgehead atoms. The van der Waals surface area contributed by atoms with Crippen molar-refractivity contribution in [2.75, 3.05) is 6.61 Å². The van der Waals surface area contributed by atoms with Crippen LogP contribution in [0.5, 0.6) is 0 Å². The van der Waals surface area contributed by atoms with Gasteiger partial charge in [-0.25, -0.2) is 4.79 Å². The molecule has 5 N–H and O–H groups in total. The summed E-state index contributed by atoms with van der Waals surface area (Å²) in [5, 5.41) is 51.3. The third-order valence-corrected chi connectivity index (χ3v) is 14.3. The van der Waals surface area contributed by atoms with E-state index in [1.54, 1.807) is 54.6 Å². The lowest BCUT2D eigenvalue weighted by molar-refractivity contribution is -0.330. The van der Waals surface area contributed by atoms with Gasteiger partial charge in [-0.2, -0.15) is 0 Å². The van der Waals surface area contributed by atoms with Gasteiger partial charge in [0, 0.05) is 34.1 Å². The number of amides is 1. The molecule has 3 aliphatic carbocycles. The molecular formula is C42H57NO8. The van der Waals surface area contributed by atoms with Crippen LogP contribution in [-0.2, 0) is 14.3 Å². The van der Waals surface area contributed by atoms with E-state index in [2.05, 4.69) is 33.0 Å². The van der Waals surface area contributed by atoms with Crippen molar-refractivity contribution in [3.05, 3.63) is 82.9 Å². The van der Waals surface area contributed by atoms with Gasteiger partial charge in [0.25, 0.3) is 5.91 Å². The van der Waals surface area contributed by atoms with E-state index in [1.807, 2.05) is 40.7 Å². The Morgan fingerprint density at radius 2 is 1.57 bits per heavy atom. The average molecular weight is 704 g/mol. The number of esters is 1. The monoisotopic (exact) mass is 703 g/mol. The number of carbonyl (C=O) groups excluding carboxylic acids is 2. The zero-order valence-electron chi connectivity index (χ0n) is 31.5. The summed E-state index contributed by atoms with van der Waals surface area (Å²) in [6.07, 6.45) is -3.87. The van der Waals surface area contributed by atoms with Gasteiger partial charge in [0.15, 0.2) is 6.10 Å². The number of carbonyl (C=O) groups is 2. The van der Waals surface area contributed by atoms with Crippen molar-refractivity contribution in [3.8, 4) is 0 Å². The molecule has 0 radical (unpaired) electrons. The second kappa shape index (κ2) is 12.8. The predicted molar refractivity (Wildman–Crippen MR) is 193 cm³/mol. The Kier molecular flexibility index (Phi) is 9.45. The molecule has 1 saturated heterocycles. The number of aliphatic hydroxyl groups excluding tert-OH is 3. The summed E-state index contributed by atoms with van der Waals surface area (Å²) in [7, 11) is 0. The summed E-state index contributed by atoms with van der Waals surface area (Å²) in [4.78, 5) is 27.5. The summed E-state index contributed by atoms with van der Waals surface area (Å²) >= 11 is 0. The second-order valence-corrected chi connectivity index (χ2v) is 17.5. The molecule has 0 aromatic heterocycles. The number of ether oxygens (including phenoxy) is 2. The first-order valence-corrected chi connectivity index (χ1v) is 18.5. The van der Waals surface area contributed by atoms with E-state index >= 15 is 0 Å². The molecule has 278 valence electrons. The van der Waals surface area contributed by atoms with Crippen LogP contribution < -0.4 is 5.32 Å². The van der Waals surface area contributed by atoms with Gasteiger partial charge in [-0.3, -0.25) is 4.79 Å². The van der Waals surface area contributed by atoms with Crippen LogP contribution in [-0.4, -0.2) is 75.0 Å². The second-order valence-electron chi connectivity index (χ2n) is 17.5. The van der Waals surface area contributed by atoms with E-state index in [4.69, 9.17) is 9.47 Å². The van der Waals surface area contributed by atoms with Crippen molar-refractivity contribution in [1.82, 2.24) is 5.32 Å². The topological polar surface area (TPSA) is 146 Å². The summed E-state index contributed by atoms with van der Waals surface area (Å²) in [5.74, 6) is -2.36. The number of rotatable bonds is 7. The van der Waals surface area contributed by atoms with Gasteiger partial charge in [0.1, 0.15) is 6.10 Å². The van der Waals surface area contributed by atoms with E-state index in [1.165, 1.54) is 0 Å². The molecule has 1 heterocycles. The number of nitrogens with one attached hydrogen (secondary N) is 1. The molecule has 6 rings (SSSR count). The van der Waals surface area contributed by atoms with Crippen LogP contribution in [0.25, 0.3) is 0 Å². The fraction of sp³-hybridized carbons (Fsp3) is 0.619. The highest BCUT2D eigenvalue weighted by atomic mass is 16.6. The summed E-state index contributed by atoms with van der Waals surface area (Å²) < 4.78 is 12.4. The molecule has 1 amide bonds. The first-order valence-electron chi connectivity index (χ1n) is 18.5. The molecule has 9 nitrogen and oxygen atoms in total. The third kappa shape index (κ3) is 5.44. The normalized spacial score (nSPS) is 38.5. The lowest BCUT2D eigenvalue weighted by Gasteiger charge is -2.73. The smallest absolute Gasteiger partial charge is 0.338 e. The van der Waals surface area contributed by atoms with Gasteiger partial charge < -0.3 is 35.2 Å². The average Bonchev–Trinajstić information content (AvgIpc) is 3.08. The first-order chi connectivity index (χ1) is 23.7. The molecule has 51 heavy (non-hydrogen) atoms. The summed E-state index contributed by atoms with van der Waals surface area (Å²) in [6, 6.07) is 16.3. The maximum atomic E-state index is 14.2. The van der Waals surface area contributed by atoms with Crippen molar-refractivity contribution >= 4 is 11.9 Å². The highest BCUT2D eigenvalue weighted by Crippen LogP contribution is 2.73. The van der Waals surface area contributed by atoms with Crippen molar-refractivity contribution in [3.63, 3.8) is 0 Å². The SMILES string of the molecule is CC1=C2[C@H](C)[C@H](O)[C@@]3(C)[C@H]([C@H](C)[C@](C(C)(C)O)(C[C@@H]1OC(=O)[C@H](O)[C@@H](NC(=O)c1ccccc1)c1ccccc1)C2(C)C)[C@]1(C)CO[C@@H]1C[C@@H]3O. The Hall–Kier alpha value is -3.08. The maximum absolute atomic E-state index is 14.2. The van der Waals surface area contributed by atoms with Gasteiger partial charge >= 0.3 is 5.97 Å².